The Hall–Kier alpha value is 0.150. The maximum absolute atomic E-state index is 10.8. The SMILES string of the molecule is FCC(F)Cl. The van der Waals surface area contributed by atoms with Crippen LogP contribution in [0.2, 0.25) is 0 Å². The van der Waals surface area contributed by atoms with Crippen molar-refractivity contribution in [3.63, 3.8) is 0 Å². The third-order valence-corrected chi connectivity index (χ3v) is 0.233. The van der Waals surface area contributed by atoms with E-state index in [0.717, 1.165) is 0 Å². The van der Waals surface area contributed by atoms with Gasteiger partial charge in [-0.3, -0.25) is 0 Å². The van der Waals surface area contributed by atoms with Gasteiger partial charge in [0.1, 0.15) is 6.67 Å². The first-order valence-electron chi connectivity index (χ1n) is 1.11. The summed E-state index contributed by atoms with van der Waals surface area (Å²) in [5.41, 5.74) is -1.81. The van der Waals surface area contributed by atoms with E-state index in [2.05, 4.69) is 11.6 Å². The number of halogens is 3. The van der Waals surface area contributed by atoms with E-state index in [1.165, 1.54) is 0 Å². The van der Waals surface area contributed by atoms with Gasteiger partial charge in [-0.05, 0) is 0 Å². The number of hydrogen-bond donors (Lipinski definition) is 0. The first-order valence-corrected chi connectivity index (χ1v) is 1.55. The van der Waals surface area contributed by atoms with Gasteiger partial charge in [-0.15, -0.1) is 0 Å². The van der Waals surface area contributed by atoms with E-state index in [1.54, 1.807) is 0 Å². The lowest BCUT2D eigenvalue weighted by atomic mass is 10.9. The Kier molecular flexibility index (Phi) is 2.46. The average molecular weight is 100 g/mol. The summed E-state index contributed by atoms with van der Waals surface area (Å²) in [4.78, 5) is 0. The third-order valence-electron chi connectivity index (χ3n) is 0.117. The molecule has 0 bridgehead atoms. The van der Waals surface area contributed by atoms with Crippen LogP contribution in [0.3, 0.4) is 0 Å². The number of hydrogen-bond acceptors (Lipinski definition) is 0. The van der Waals surface area contributed by atoms with Gasteiger partial charge in [0.2, 0.25) is 5.63 Å². The van der Waals surface area contributed by atoms with E-state index >= 15 is 0 Å². The highest BCUT2D eigenvalue weighted by Crippen LogP contribution is 1.94. The van der Waals surface area contributed by atoms with Crippen molar-refractivity contribution < 1.29 is 8.78 Å². The fourth-order valence-corrected chi connectivity index (χ4v) is 0. The van der Waals surface area contributed by atoms with Crippen LogP contribution in [0.1, 0.15) is 0 Å². The van der Waals surface area contributed by atoms with Crippen LogP contribution < -0.4 is 0 Å². The zero-order chi connectivity index (χ0) is 4.28. The fourth-order valence-electron chi connectivity index (χ4n) is 0. The van der Waals surface area contributed by atoms with Crippen molar-refractivity contribution in [1.82, 2.24) is 0 Å². The molecule has 0 radical (unpaired) electrons. The second-order valence-corrected chi connectivity index (χ2v) is 1.02. The highest BCUT2D eigenvalue weighted by Gasteiger charge is 1.92. The van der Waals surface area contributed by atoms with Gasteiger partial charge < -0.3 is 0 Å². The molecule has 0 amide bonds. The predicted molar refractivity (Wildman–Crippen MR) is 16.7 cm³/mol. The van der Waals surface area contributed by atoms with Crippen molar-refractivity contribution in [2.75, 3.05) is 6.67 Å². The van der Waals surface area contributed by atoms with E-state index in [-0.39, 0.29) is 0 Å². The minimum atomic E-state index is -1.81. The molecule has 0 spiro atoms. The molecule has 32 valence electrons. The molecule has 0 saturated heterocycles. The van der Waals surface area contributed by atoms with E-state index in [9.17, 15) is 8.78 Å². The average Bonchev–Trinajstić information content (AvgIpc) is 1.38. The van der Waals surface area contributed by atoms with Crippen molar-refractivity contribution in [2.24, 2.45) is 0 Å². The van der Waals surface area contributed by atoms with Crippen molar-refractivity contribution in [1.29, 1.82) is 0 Å². The molecule has 0 aromatic rings. The first-order chi connectivity index (χ1) is 2.27. The topological polar surface area (TPSA) is 0 Å². The third kappa shape index (κ3) is 4.15. The molecule has 3 heteroatoms. The molecule has 0 aromatic heterocycles. The van der Waals surface area contributed by atoms with Crippen molar-refractivity contribution >= 4 is 11.6 Å². The first kappa shape index (κ1) is 5.15. The normalized spacial score (nSPS) is 15.0. The van der Waals surface area contributed by atoms with Gasteiger partial charge in [-0.2, -0.15) is 0 Å². The van der Waals surface area contributed by atoms with Crippen LogP contribution in [0.15, 0.2) is 0 Å². The lowest BCUT2D eigenvalue weighted by Crippen LogP contribution is -1.86. The predicted octanol–water partition coefficient (Wildman–Crippen LogP) is 1.49. The van der Waals surface area contributed by atoms with E-state index in [1.807, 2.05) is 0 Å². The van der Waals surface area contributed by atoms with Gasteiger partial charge in [0.05, 0.1) is 0 Å². The van der Waals surface area contributed by atoms with Crippen LogP contribution in [0.5, 0.6) is 0 Å². The Labute approximate surface area is 33.7 Å². The Morgan fingerprint density at radius 1 is 1.80 bits per heavy atom. The highest BCUT2D eigenvalue weighted by molar-refractivity contribution is 6.19. The van der Waals surface area contributed by atoms with Gasteiger partial charge in [0.25, 0.3) is 0 Å². The van der Waals surface area contributed by atoms with Gasteiger partial charge in [-0.1, -0.05) is 11.6 Å². The highest BCUT2D eigenvalue weighted by atomic mass is 35.5. The molecule has 0 fully saturated rings. The minimum absolute atomic E-state index is 1.10. The summed E-state index contributed by atoms with van der Waals surface area (Å²) < 4.78 is 21.4. The molecule has 5 heavy (non-hydrogen) atoms. The van der Waals surface area contributed by atoms with Crippen LogP contribution in [-0.2, 0) is 0 Å². The molecular formula is C2H3ClF2. The lowest BCUT2D eigenvalue weighted by molar-refractivity contribution is 0.342. The standard InChI is InChI=1S/C2H3ClF2/c3-2(5)1-4/h2H,1H2. The van der Waals surface area contributed by atoms with E-state index in [4.69, 9.17) is 0 Å². The van der Waals surface area contributed by atoms with Crippen LogP contribution in [-0.4, -0.2) is 12.3 Å². The Morgan fingerprint density at radius 3 is 2.00 bits per heavy atom. The largest absolute Gasteiger partial charge is 0.247 e. The summed E-state index contributed by atoms with van der Waals surface area (Å²) in [6.07, 6.45) is 0. The van der Waals surface area contributed by atoms with Crippen molar-refractivity contribution in [2.45, 2.75) is 5.63 Å². The molecule has 0 saturated carbocycles. The van der Waals surface area contributed by atoms with Crippen LogP contribution in [0.25, 0.3) is 0 Å². The Bertz CT molecular complexity index is 21.6. The van der Waals surface area contributed by atoms with Gasteiger partial charge in [0, 0.05) is 0 Å². The Morgan fingerprint density at radius 2 is 2.00 bits per heavy atom. The molecule has 1 atom stereocenters. The minimum Gasteiger partial charge on any atom is -0.247 e. The van der Waals surface area contributed by atoms with Gasteiger partial charge in [0.15, 0.2) is 0 Å². The molecule has 0 aliphatic carbocycles. The number of alkyl halides is 3. The smallest absolute Gasteiger partial charge is 0.201 e. The molecule has 0 aliphatic rings. The molecule has 0 aliphatic heterocycles. The molecule has 0 N–H and O–H groups in total. The molecule has 0 heterocycles. The maximum atomic E-state index is 10.8. The summed E-state index contributed by atoms with van der Waals surface area (Å²) in [6.45, 7) is -1.10. The second-order valence-electron chi connectivity index (χ2n) is 0.545. The summed E-state index contributed by atoms with van der Waals surface area (Å²) in [6, 6.07) is 0. The quantitative estimate of drug-likeness (QED) is 0.438. The molecule has 1 unspecified atom stereocenters. The van der Waals surface area contributed by atoms with Crippen molar-refractivity contribution in [3.05, 3.63) is 0 Å². The fraction of sp³-hybridized carbons (Fsp3) is 1.00. The van der Waals surface area contributed by atoms with E-state index in [0.29, 0.717) is 0 Å². The maximum Gasteiger partial charge on any atom is 0.201 e. The monoisotopic (exact) mass is 100.0 g/mol. The Balaban J connectivity index is 2.54. The molecular weight excluding hydrogens is 97.5 g/mol. The van der Waals surface area contributed by atoms with Crippen LogP contribution in [0, 0.1) is 0 Å². The van der Waals surface area contributed by atoms with Gasteiger partial charge in [-0.25, -0.2) is 8.78 Å². The van der Waals surface area contributed by atoms with Gasteiger partial charge >= 0.3 is 0 Å². The molecule has 0 rings (SSSR count). The van der Waals surface area contributed by atoms with Crippen LogP contribution in [0.4, 0.5) is 8.78 Å². The van der Waals surface area contributed by atoms with E-state index < -0.39 is 12.3 Å². The van der Waals surface area contributed by atoms with Crippen LogP contribution >= 0.6 is 11.6 Å². The second kappa shape index (κ2) is 2.39. The lowest BCUT2D eigenvalue weighted by Gasteiger charge is -1.80. The molecule has 0 nitrogen and oxygen atoms in total. The summed E-state index contributed by atoms with van der Waals surface area (Å²) in [5, 5.41) is 0. The zero-order valence-electron chi connectivity index (χ0n) is 2.42. The number of rotatable bonds is 1. The zero-order valence-corrected chi connectivity index (χ0v) is 3.17. The summed E-state index contributed by atoms with van der Waals surface area (Å²) in [7, 11) is 0. The summed E-state index contributed by atoms with van der Waals surface area (Å²) in [5.74, 6) is 0. The summed E-state index contributed by atoms with van der Waals surface area (Å²) >= 11 is 4.42. The molecule has 0 aromatic carbocycles. The van der Waals surface area contributed by atoms with Crippen molar-refractivity contribution in [3.8, 4) is 0 Å².